The van der Waals surface area contributed by atoms with Crippen molar-refractivity contribution in [3.8, 4) is 0 Å². The number of carbonyl (C=O) groups is 3. The lowest BCUT2D eigenvalue weighted by atomic mass is 10.2. The molecule has 0 bridgehead atoms. The molecule has 2 aliphatic rings. The molecule has 0 aromatic heterocycles. The quantitative estimate of drug-likeness (QED) is 0.866. The van der Waals surface area contributed by atoms with E-state index >= 15 is 0 Å². The summed E-state index contributed by atoms with van der Waals surface area (Å²) in [7, 11) is 0. The van der Waals surface area contributed by atoms with Gasteiger partial charge in [0, 0.05) is 11.4 Å². The van der Waals surface area contributed by atoms with Gasteiger partial charge in [-0.25, -0.2) is 4.39 Å². The number of anilines is 1. The Morgan fingerprint density at radius 2 is 2.09 bits per heavy atom. The number of aliphatic carboxylic acids is 1. The maximum atomic E-state index is 13.2. The minimum Gasteiger partial charge on any atom is -0.481 e. The van der Waals surface area contributed by atoms with Crippen LogP contribution in [0.5, 0.6) is 0 Å². The predicted molar refractivity (Wildman–Crippen MR) is 82.2 cm³/mol. The number of nitrogens with one attached hydrogen (secondary N) is 1. The fourth-order valence-corrected chi connectivity index (χ4v) is 3.79. The van der Waals surface area contributed by atoms with E-state index in [1.165, 1.54) is 34.9 Å². The average Bonchev–Trinajstić information content (AvgIpc) is 3.15. The number of thioether (sulfide) groups is 1. The molecule has 1 heterocycles. The molecule has 2 fully saturated rings. The summed E-state index contributed by atoms with van der Waals surface area (Å²) in [5.41, 5.74) is 0.328. The van der Waals surface area contributed by atoms with Crippen LogP contribution >= 0.6 is 11.8 Å². The second kappa shape index (κ2) is 6.19. The Labute approximate surface area is 136 Å². The number of hydrogen-bond acceptors (Lipinski definition) is 4. The van der Waals surface area contributed by atoms with Gasteiger partial charge in [0.2, 0.25) is 11.8 Å². The Morgan fingerprint density at radius 1 is 1.30 bits per heavy atom. The van der Waals surface area contributed by atoms with Crippen LogP contribution in [0, 0.1) is 17.7 Å². The lowest BCUT2D eigenvalue weighted by molar-refractivity contribution is -0.142. The van der Waals surface area contributed by atoms with Gasteiger partial charge in [0.25, 0.3) is 0 Å². The van der Waals surface area contributed by atoms with Crippen LogP contribution in [0.2, 0.25) is 0 Å². The third-order valence-corrected chi connectivity index (χ3v) is 5.00. The molecule has 1 aromatic rings. The van der Waals surface area contributed by atoms with Gasteiger partial charge in [-0.1, -0.05) is 6.07 Å². The number of carboxylic acids is 1. The summed E-state index contributed by atoms with van der Waals surface area (Å²) in [5, 5.41) is 11.5. The lowest BCUT2D eigenvalue weighted by Gasteiger charge is -2.23. The molecular formula is C15H15FN2O4S. The number of benzene rings is 1. The van der Waals surface area contributed by atoms with Gasteiger partial charge in [-0.3, -0.25) is 14.4 Å². The Kier molecular flexibility index (Phi) is 4.25. The summed E-state index contributed by atoms with van der Waals surface area (Å²) in [4.78, 5) is 37.0. The van der Waals surface area contributed by atoms with Crippen LogP contribution < -0.4 is 5.32 Å². The van der Waals surface area contributed by atoms with Gasteiger partial charge in [-0.15, -0.1) is 11.8 Å². The first-order valence-electron chi connectivity index (χ1n) is 7.15. The maximum absolute atomic E-state index is 13.2. The zero-order valence-corrected chi connectivity index (χ0v) is 12.9. The van der Waals surface area contributed by atoms with Crippen LogP contribution in [-0.4, -0.2) is 45.5 Å². The molecule has 23 heavy (non-hydrogen) atoms. The number of amides is 2. The van der Waals surface area contributed by atoms with Gasteiger partial charge in [0.15, 0.2) is 0 Å². The van der Waals surface area contributed by atoms with Crippen LogP contribution in [0.25, 0.3) is 0 Å². The second-order valence-corrected chi connectivity index (χ2v) is 6.61. The van der Waals surface area contributed by atoms with Crippen LogP contribution in [0.3, 0.4) is 0 Å². The third kappa shape index (κ3) is 3.31. The molecule has 1 aromatic carbocycles. The largest absolute Gasteiger partial charge is 0.481 e. The minimum atomic E-state index is -0.976. The Morgan fingerprint density at radius 3 is 2.74 bits per heavy atom. The van der Waals surface area contributed by atoms with Gasteiger partial charge >= 0.3 is 5.97 Å². The summed E-state index contributed by atoms with van der Waals surface area (Å²) in [6.07, 6.45) is 0.327. The number of rotatable bonds is 4. The highest BCUT2D eigenvalue weighted by atomic mass is 32.2. The maximum Gasteiger partial charge on any atom is 0.307 e. The van der Waals surface area contributed by atoms with Gasteiger partial charge < -0.3 is 15.3 Å². The lowest BCUT2D eigenvalue weighted by Crippen LogP contribution is -2.45. The van der Waals surface area contributed by atoms with Crippen molar-refractivity contribution < 1.29 is 23.9 Å². The summed E-state index contributed by atoms with van der Waals surface area (Å²) in [5.74, 6) is -2.48. The predicted octanol–water partition coefficient (Wildman–Crippen LogP) is 1.39. The molecule has 3 atom stereocenters. The van der Waals surface area contributed by atoms with Crippen LogP contribution in [0.15, 0.2) is 24.3 Å². The molecule has 8 heteroatoms. The molecule has 3 rings (SSSR count). The monoisotopic (exact) mass is 338 g/mol. The van der Waals surface area contributed by atoms with E-state index in [1.54, 1.807) is 6.07 Å². The third-order valence-electron chi connectivity index (χ3n) is 3.99. The van der Waals surface area contributed by atoms with E-state index in [-0.39, 0.29) is 11.8 Å². The number of halogens is 1. The summed E-state index contributed by atoms with van der Waals surface area (Å²) < 4.78 is 13.2. The molecule has 1 aliphatic carbocycles. The second-order valence-electron chi connectivity index (χ2n) is 5.61. The Hall–Kier alpha value is -2.09. The average molecular weight is 338 g/mol. The van der Waals surface area contributed by atoms with E-state index in [0.29, 0.717) is 23.7 Å². The standard InChI is InChI=1S/C15H15FN2O4S/c16-8-2-1-3-9(4-8)17-13(19)12-6-23-7-18(12)14(20)10-5-11(10)15(21)22/h1-4,10-12H,5-7H2,(H,17,19)(H,21,22). The fourth-order valence-electron chi connectivity index (χ4n) is 2.62. The van der Waals surface area contributed by atoms with Crippen molar-refractivity contribution in [3.05, 3.63) is 30.1 Å². The van der Waals surface area contributed by atoms with Crippen molar-refractivity contribution in [2.24, 2.45) is 11.8 Å². The van der Waals surface area contributed by atoms with E-state index < -0.39 is 29.7 Å². The van der Waals surface area contributed by atoms with E-state index in [1.807, 2.05) is 0 Å². The molecule has 0 spiro atoms. The van der Waals surface area contributed by atoms with Crippen LogP contribution in [-0.2, 0) is 14.4 Å². The van der Waals surface area contributed by atoms with Crippen molar-refractivity contribution >= 4 is 35.2 Å². The van der Waals surface area contributed by atoms with Gasteiger partial charge in [-0.2, -0.15) is 0 Å². The SMILES string of the molecule is O=C(O)C1CC1C(=O)N1CSCC1C(=O)Nc1cccc(F)c1. The number of carboxylic acid groups (broad SMARTS) is 1. The molecule has 6 nitrogen and oxygen atoms in total. The number of hydrogen-bond donors (Lipinski definition) is 2. The highest BCUT2D eigenvalue weighted by Crippen LogP contribution is 2.41. The summed E-state index contributed by atoms with van der Waals surface area (Å²) >= 11 is 1.44. The van der Waals surface area contributed by atoms with Crippen molar-refractivity contribution in [1.82, 2.24) is 4.90 Å². The Bertz CT molecular complexity index is 669. The van der Waals surface area contributed by atoms with Crippen molar-refractivity contribution in [1.29, 1.82) is 0 Å². The van der Waals surface area contributed by atoms with Crippen molar-refractivity contribution in [2.75, 3.05) is 16.9 Å². The van der Waals surface area contributed by atoms with E-state index in [4.69, 9.17) is 5.11 Å². The molecule has 1 aliphatic heterocycles. The fraction of sp³-hybridized carbons (Fsp3) is 0.400. The summed E-state index contributed by atoms with van der Waals surface area (Å²) in [6, 6.07) is 4.87. The van der Waals surface area contributed by atoms with Crippen molar-refractivity contribution in [3.63, 3.8) is 0 Å². The number of nitrogens with zero attached hydrogens (tertiary/aromatic N) is 1. The van der Waals surface area contributed by atoms with Gasteiger partial charge in [0.1, 0.15) is 11.9 Å². The van der Waals surface area contributed by atoms with Gasteiger partial charge in [-0.05, 0) is 24.6 Å². The molecule has 122 valence electrons. The summed E-state index contributed by atoms with van der Waals surface area (Å²) in [6.45, 7) is 0. The zero-order valence-electron chi connectivity index (χ0n) is 12.1. The molecule has 2 N–H and O–H groups in total. The molecule has 1 saturated carbocycles. The van der Waals surface area contributed by atoms with E-state index in [2.05, 4.69) is 5.32 Å². The van der Waals surface area contributed by atoms with Gasteiger partial charge in [0.05, 0.1) is 17.7 Å². The first-order valence-corrected chi connectivity index (χ1v) is 8.30. The Balaban J connectivity index is 1.65. The molecule has 3 unspecified atom stereocenters. The first kappa shape index (κ1) is 15.8. The first-order chi connectivity index (χ1) is 11.0. The zero-order chi connectivity index (χ0) is 16.6. The molecule has 1 saturated heterocycles. The molecular weight excluding hydrogens is 323 g/mol. The minimum absolute atomic E-state index is 0.290. The highest BCUT2D eigenvalue weighted by Gasteiger charge is 2.52. The van der Waals surface area contributed by atoms with Crippen LogP contribution in [0.1, 0.15) is 6.42 Å². The van der Waals surface area contributed by atoms with E-state index in [0.717, 1.165) is 0 Å². The van der Waals surface area contributed by atoms with E-state index in [9.17, 15) is 18.8 Å². The normalized spacial score (nSPS) is 26.0. The smallest absolute Gasteiger partial charge is 0.307 e. The van der Waals surface area contributed by atoms with Crippen molar-refractivity contribution in [2.45, 2.75) is 12.5 Å². The molecule has 0 radical (unpaired) electrons. The molecule has 2 amide bonds. The topological polar surface area (TPSA) is 86.7 Å². The van der Waals surface area contributed by atoms with Crippen LogP contribution in [0.4, 0.5) is 10.1 Å². The number of carbonyl (C=O) groups excluding carboxylic acids is 2. The highest BCUT2D eigenvalue weighted by molar-refractivity contribution is 7.99.